The Balaban J connectivity index is 1.87. The van der Waals surface area contributed by atoms with Gasteiger partial charge in [0.2, 0.25) is 0 Å². The van der Waals surface area contributed by atoms with Crippen molar-refractivity contribution in [2.24, 2.45) is 0 Å². The highest BCUT2D eigenvalue weighted by Gasteiger charge is 2.22. The van der Waals surface area contributed by atoms with Gasteiger partial charge in [-0.3, -0.25) is 0 Å². The minimum absolute atomic E-state index is 0.330. The van der Waals surface area contributed by atoms with E-state index in [1.54, 1.807) is 13.8 Å². The molecule has 66 valence electrons. The third-order valence-corrected chi connectivity index (χ3v) is 1.56. The Morgan fingerprint density at radius 2 is 2.27 bits per heavy atom. The molecule has 11 heavy (non-hydrogen) atoms. The summed E-state index contributed by atoms with van der Waals surface area (Å²) in [6.45, 7) is 5.69. The molecule has 1 heterocycles. The zero-order chi connectivity index (χ0) is 8.32. The molecule has 3 heteroatoms. The third-order valence-electron chi connectivity index (χ3n) is 1.56. The normalized spacial score (nSPS) is 23.7. The average molecular weight is 160 g/mol. The predicted molar refractivity (Wildman–Crippen MR) is 41.5 cm³/mol. The van der Waals surface area contributed by atoms with E-state index in [2.05, 4.69) is 0 Å². The molecule has 0 spiro atoms. The standard InChI is InChI=1S/C8H16O3/c1-8(2,9)3-4-10-5-7-6-11-7/h7,9H,3-6H2,1-2H3. The van der Waals surface area contributed by atoms with E-state index < -0.39 is 5.60 Å². The minimum atomic E-state index is -0.607. The van der Waals surface area contributed by atoms with Crippen molar-refractivity contribution in [3.05, 3.63) is 0 Å². The van der Waals surface area contributed by atoms with Crippen LogP contribution in [0.1, 0.15) is 20.3 Å². The summed E-state index contributed by atoms with van der Waals surface area (Å²) in [5, 5.41) is 9.29. The predicted octanol–water partition coefficient (Wildman–Crippen LogP) is 0.563. The van der Waals surface area contributed by atoms with Crippen LogP contribution in [0.4, 0.5) is 0 Å². The fraction of sp³-hybridized carbons (Fsp3) is 1.00. The third kappa shape index (κ3) is 5.18. The monoisotopic (exact) mass is 160 g/mol. The molecule has 0 aromatic carbocycles. The highest BCUT2D eigenvalue weighted by atomic mass is 16.6. The van der Waals surface area contributed by atoms with Gasteiger partial charge in [0.25, 0.3) is 0 Å². The SMILES string of the molecule is CC(C)(O)CCOCC1CO1. The Labute approximate surface area is 67.3 Å². The highest BCUT2D eigenvalue weighted by molar-refractivity contribution is 4.68. The summed E-state index contributed by atoms with van der Waals surface area (Å²) < 4.78 is 10.2. The van der Waals surface area contributed by atoms with Crippen LogP contribution in [0.3, 0.4) is 0 Å². The van der Waals surface area contributed by atoms with Gasteiger partial charge >= 0.3 is 0 Å². The van der Waals surface area contributed by atoms with Gasteiger partial charge in [0.15, 0.2) is 0 Å². The zero-order valence-electron chi connectivity index (χ0n) is 7.17. The van der Waals surface area contributed by atoms with E-state index in [-0.39, 0.29) is 0 Å². The Kier molecular flexibility index (Phi) is 2.87. The first-order chi connectivity index (χ1) is 5.08. The van der Waals surface area contributed by atoms with Crippen molar-refractivity contribution in [1.82, 2.24) is 0 Å². The molecule has 1 atom stereocenters. The Hall–Kier alpha value is -0.120. The van der Waals surface area contributed by atoms with Crippen LogP contribution in [0.15, 0.2) is 0 Å². The van der Waals surface area contributed by atoms with Crippen molar-refractivity contribution in [1.29, 1.82) is 0 Å². The highest BCUT2D eigenvalue weighted by Crippen LogP contribution is 2.10. The summed E-state index contributed by atoms with van der Waals surface area (Å²) >= 11 is 0. The van der Waals surface area contributed by atoms with E-state index in [9.17, 15) is 5.11 Å². The second-order valence-corrected chi connectivity index (χ2v) is 3.59. The maximum absolute atomic E-state index is 9.29. The van der Waals surface area contributed by atoms with Gasteiger partial charge < -0.3 is 14.6 Å². The second-order valence-electron chi connectivity index (χ2n) is 3.59. The minimum Gasteiger partial charge on any atom is -0.390 e. The van der Waals surface area contributed by atoms with Crippen molar-refractivity contribution in [3.63, 3.8) is 0 Å². The van der Waals surface area contributed by atoms with Gasteiger partial charge in [-0.15, -0.1) is 0 Å². The first kappa shape index (κ1) is 8.97. The summed E-state index contributed by atoms with van der Waals surface area (Å²) in [6, 6.07) is 0. The van der Waals surface area contributed by atoms with Crippen LogP contribution in [0.2, 0.25) is 0 Å². The van der Waals surface area contributed by atoms with Crippen LogP contribution in [-0.4, -0.2) is 36.6 Å². The quantitative estimate of drug-likeness (QED) is 0.472. The molecule has 0 saturated carbocycles. The second kappa shape index (κ2) is 3.52. The van der Waals surface area contributed by atoms with Crippen LogP contribution in [0.5, 0.6) is 0 Å². The number of rotatable bonds is 5. The average Bonchev–Trinajstić information content (AvgIpc) is 2.60. The summed E-state index contributed by atoms with van der Waals surface area (Å²) in [5.41, 5.74) is -0.607. The van der Waals surface area contributed by atoms with Crippen molar-refractivity contribution in [3.8, 4) is 0 Å². The van der Waals surface area contributed by atoms with Crippen LogP contribution in [-0.2, 0) is 9.47 Å². The van der Waals surface area contributed by atoms with Crippen molar-refractivity contribution >= 4 is 0 Å². The van der Waals surface area contributed by atoms with Crippen LogP contribution < -0.4 is 0 Å². The van der Waals surface area contributed by atoms with Gasteiger partial charge in [-0.05, 0) is 20.3 Å². The molecule has 0 bridgehead atoms. The van der Waals surface area contributed by atoms with Crippen molar-refractivity contribution in [2.75, 3.05) is 19.8 Å². The first-order valence-electron chi connectivity index (χ1n) is 4.00. The molecular weight excluding hydrogens is 144 g/mol. The molecule has 0 aliphatic carbocycles. The van der Waals surface area contributed by atoms with Crippen LogP contribution in [0, 0.1) is 0 Å². The topological polar surface area (TPSA) is 42.0 Å². The van der Waals surface area contributed by atoms with E-state index in [0.717, 1.165) is 6.61 Å². The molecule has 3 nitrogen and oxygen atoms in total. The Morgan fingerprint density at radius 3 is 2.73 bits per heavy atom. The zero-order valence-corrected chi connectivity index (χ0v) is 7.17. The Morgan fingerprint density at radius 1 is 1.64 bits per heavy atom. The lowest BCUT2D eigenvalue weighted by Gasteiger charge is -2.16. The van der Waals surface area contributed by atoms with Crippen LogP contribution >= 0.6 is 0 Å². The molecule has 0 aromatic heterocycles. The summed E-state index contributed by atoms with van der Waals surface area (Å²) in [7, 11) is 0. The van der Waals surface area contributed by atoms with Gasteiger partial charge in [0, 0.05) is 6.61 Å². The lowest BCUT2D eigenvalue weighted by Crippen LogP contribution is -2.21. The smallest absolute Gasteiger partial charge is 0.104 e. The lowest BCUT2D eigenvalue weighted by molar-refractivity contribution is 0.0249. The van der Waals surface area contributed by atoms with Gasteiger partial charge in [-0.2, -0.15) is 0 Å². The van der Waals surface area contributed by atoms with E-state index in [1.807, 2.05) is 0 Å². The van der Waals surface area contributed by atoms with E-state index in [0.29, 0.717) is 25.7 Å². The molecular formula is C8H16O3. The molecule has 1 unspecified atom stereocenters. The van der Waals surface area contributed by atoms with E-state index in [4.69, 9.17) is 9.47 Å². The maximum atomic E-state index is 9.29. The molecule has 1 N–H and O–H groups in total. The van der Waals surface area contributed by atoms with Gasteiger partial charge in [0.05, 0.1) is 18.8 Å². The summed E-state index contributed by atoms with van der Waals surface area (Å²) in [4.78, 5) is 0. The van der Waals surface area contributed by atoms with Crippen LogP contribution in [0.25, 0.3) is 0 Å². The number of ether oxygens (including phenoxy) is 2. The maximum Gasteiger partial charge on any atom is 0.104 e. The molecule has 0 aromatic rings. The number of epoxide rings is 1. The van der Waals surface area contributed by atoms with Gasteiger partial charge in [0.1, 0.15) is 6.10 Å². The van der Waals surface area contributed by atoms with Crippen molar-refractivity contribution < 1.29 is 14.6 Å². The van der Waals surface area contributed by atoms with Crippen molar-refractivity contribution in [2.45, 2.75) is 32.0 Å². The number of hydrogen-bond acceptors (Lipinski definition) is 3. The van der Waals surface area contributed by atoms with E-state index >= 15 is 0 Å². The fourth-order valence-electron chi connectivity index (χ4n) is 0.701. The largest absolute Gasteiger partial charge is 0.390 e. The number of hydrogen-bond donors (Lipinski definition) is 1. The fourth-order valence-corrected chi connectivity index (χ4v) is 0.701. The molecule has 1 aliphatic rings. The molecule has 1 rings (SSSR count). The summed E-state index contributed by atoms with van der Waals surface area (Å²) in [5.74, 6) is 0. The summed E-state index contributed by atoms with van der Waals surface area (Å²) in [6.07, 6.45) is 1.01. The lowest BCUT2D eigenvalue weighted by atomic mass is 10.1. The van der Waals surface area contributed by atoms with E-state index in [1.165, 1.54) is 0 Å². The molecule has 1 saturated heterocycles. The molecule has 0 amide bonds. The van der Waals surface area contributed by atoms with Gasteiger partial charge in [-0.25, -0.2) is 0 Å². The molecule has 1 aliphatic heterocycles. The number of aliphatic hydroxyl groups is 1. The molecule has 0 radical (unpaired) electrons. The molecule has 1 fully saturated rings. The Bertz CT molecular complexity index is 113. The first-order valence-corrected chi connectivity index (χ1v) is 4.00. The van der Waals surface area contributed by atoms with Gasteiger partial charge in [-0.1, -0.05) is 0 Å².